The number of aliphatic carboxylic acids is 1. The maximum Gasteiger partial charge on any atom is 0.407 e. The minimum atomic E-state index is -3.60. The molecule has 8 nitrogen and oxygen atoms in total. The van der Waals surface area contributed by atoms with Crippen molar-refractivity contribution in [1.82, 2.24) is 10.0 Å². The highest BCUT2D eigenvalue weighted by Gasteiger charge is 2.39. The quantitative estimate of drug-likeness (QED) is 0.632. The number of ether oxygens (including phenoxy) is 1. The van der Waals surface area contributed by atoms with Gasteiger partial charge in [-0.2, -0.15) is 0 Å². The van der Waals surface area contributed by atoms with Gasteiger partial charge in [-0.25, -0.2) is 17.9 Å². The third kappa shape index (κ3) is 5.03. The summed E-state index contributed by atoms with van der Waals surface area (Å²) in [6.45, 7) is 4.85. The summed E-state index contributed by atoms with van der Waals surface area (Å²) in [5.74, 6) is -3.03. The normalized spacial score (nSPS) is 26.5. The van der Waals surface area contributed by atoms with E-state index < -0.39 is 45.4 Å². The van der Waals surface area contributed by atoms with Gasteiger partial charge in [0, 0.05) is 6.54 Å². The van der Waals surface area contributed by atoms with Crippen molar-refractivity contribution in [2.45, 2.75) is 32.4 Å². The van der Waals surface area contributed by atoms with E-state index in [0.29, 0.717) is 0 Å². The first-order valence-electron chi connectivity index (χ1n) is 5.70. The Morgan fingerprint density at radius 1 is 1.37 bits per heavy atom. The Labute approximate surface area is 111 Å². The molecule has 0 bridgehead atoms. The van der Waals surface area contributed by atoms with Gasteiger partial charge in [0.25, 0.3) is 0 Å². The van der Waals surface area contributed by atoms with Crippen LogP contribution in [0.15, 0.2) is 0 Å². The SMILES string of the molecule is CC(C)(C)OC(=O)N[C@@H]1CNS(=O)(=O)C[C@H]1C(=O)O. The van der Waals surface area contributed by atoms with Crippen LogP contribution < -0.4 is 10.0 Å². The molecule has 1 fully saturated rings. The lowest BCUT2D eigenvalue weighted by Gasteiger charge is -2.30. The molecule has 1 rings (SSSR count). The van der Waals surface area contributed by atoms with E-state index >= 15 is 0 Å². The van der Waals surface area contributed by atoms with Gasteiger partial charge in [-0.15, -0.1) is 0 Å². The molecule has 0 aromatic rings. The molecular weight excluding hydrogens is 276 g/mol. The van der Waals surface area contributed by atoms with Gasteiger partial charge < -0.3 is 15.2 Å². The summed E-state index contributed by atoms with van der Waals surface area (Å²) < 4.78 is 29.8. The van der Waals surface area contributed by atoms with E-state index in [1.165, 1.54) is 0 Å². The van der Waals surface area contributed by atoms with E-state index in [4.69, 9.17) is 9.84 Å². The molecule has 9 heteroatoms. The maximum absolute atomic E-state index is 11.6. The fourth-order valence-corrected chi connectivity index (χ4v) is 3.02. The van der Waals surface area contributed by atoms with Crippen molar-refractivity contribution in [2.24, 2.45) is 5.92 Å². The van der Waals surface area contributed by atoms with Gasteiger partial charge in [0.2, 0.25) is 10.0 Å². The van der Waals surface area contributed by atoms with E-state index in [1.54, 1.807) is 20.8 Å². The smallest absolute Gasteiger partial charge is 0.407 e. The van der Waals surface area contributed by atoms with E-state index in [2.05, 4.69) is 10.0 Å². The molecule has 0 aromatic carbocycles. The average Bonchev–Trinajstić information content (AvgIpc) is 2.17. The van der Waals surface area contributed by atoms with Crippen LogP contribution in [0.1, 0.15) is 20.8 Å². The highest BCUT2D eigenvalue weighted by Crippen LogP contribution is 2.14. The molecule has 0 radical (unpaired) electrons. The lowest BCUT2D eigenvalue weighted by Crippen LogP contribution is -2.57. The highest BCUT2D eigenvalue weighted by atomic mass is 32.2. The van der Waals surface area contributed by atoms with Gasteiger partial charge in [-0.05, 0) is 20.8 Å². The summed E-state index contributed by atoms with van der Waals surface area (Å²) in [6.07, 6.45) is -0.773. The molecule has 19 heavy (non-hydrogen) atoms. The minimum absolute atomic E-state index is 0.168. The summed E-state index contributed by atoms with van der Waals surface area (Å²) in [5, 5.41) is 11.4. The van der Waals surface area contributed by atoms with Crippen LogP contribution in [-0.2, 0) is 19.6 Å². The van der Waals surface area contributed by atoms with E-state index in [-0.39, 0.29) is 6.54 Å². The van der Waals surface area contributed by atoms with Crippen LogP contribution in [0.2, 0.25) is 0 Å². The molecule has 1 aliphatic rings. The summed E-state index contributed by atoms with van der Waals surface area (Å²) in [7, 11) is -3.60. The molecular formula is C10H18N2O6S. The summed E-state index contributed by atoms with van der Waals surface area (Å²) in [6, 6.07) is -0.837. The Morgan fingerprint density at radius 3 is 2.42 bits per heavy atom. The third-order valence-electron chi connectivity index (χ3n) is 2.43. The number of carboxylic acids is 1. The Balaban J connectivity index is 2.71. The lowest BCUT2D eigenvalue weighted by atomic mass is 10.0. The summed E-state index contributed by atoms with van der Waals surface area (Å²) in [5.41, 5.74) is -0.711. The number of nitrogens with one attached hydrogen (secondary N) is 2. The first-order valence-corrected chi connectivity index (χ1v) is 7.35. The molecule has 2 atom stereocenters. The third-order valence-corrected chi connectivity index (χ3v) is 3.83. The number of rotatable bonds is 2. The Hall–Kier alpha value is -1.35. The number of carbonyl (C=O) groups excluding carboxylic acids is 1. The number of hydrogen-bond donors (Lipinski definition) is 3. The first-order chi connectivity index (χ1) is 8.50. The standard InChI is InChI=1S/C10H18N2O6S/c1-10(2,3)18-9(15)12-7-4-11-19(16,17)5-6(7)8(13)14/h6-7,11H,4-5H2,1-3H3,(H,12,15)(H,13,14)/t6-,7-/m1/s1. The molecule has 0 spiro atoms. The fourth-order valence-electron chi connectivity index (χ4n) is 1.62. The average molecular weight is 294 g/mol. The van der Waals surface area contributed by atoms with Crippen molar-refractivity contribution in [3.8, 4) is 0 Å². The Bertz CT molecular complexity index is 467. The van der Waals surface area contributed by atoms with Gasteiger partial charge in [0.15, 0.2) is 0 Å². The second-order valence-corrected chi connectivity index (χ2v) is 7.18. The summed E-state index contributed by atoms with van der Waals surface area (Å²) >= 11 is 0. The molecule has 3 N–H and O–H groups in total. The van der Waals surface area contributed by atoms with Gasteiger partial charge in [0.1, 0.15) is 5.60 Å². The maximum atomic E-state index is 11.6. The van der Waals surface area contributed by atoms with Crippen LogP contribution >= 0.6 is 0 Å². The van der Waals surface area contributed by atoms with Crippen molar-refractivity contribution in [2.75, 3.05) is 12.3 Å². The lowest BCUT2D eigenvalue weighted by molar-refractivity contribution is -0.142. The second-order valence-electron chi connectivity index (χ2n) is 5.33. The number of carbonyl (C=O) groups is 2. The minimum Gasteiger partial charge on any atom is -0.481 e. The van der Waals surface area contributed by atoms with Crippen LogP contribution in [0, 0.1) is 5.92 Å². The molecule has 0 aromatic heterocycles. The second kappa shape index (κ2) is 5.33. The summed E-state index contributed by atoms with van der Waals surface area (Å²) in [4.78, 5) is 22.6. The topological polar surface area (TPSA) is 122 Å². The van der Waals surface area contributed by atoms with Crippen molar-refractivity contribution in [3.63, 3.8) is 0 Å². The molecule has 110 valence electrons. The molecule has 1 saturated heterocycles. The van der Waals surface area contributed by atoms with Crippen LogP contribution in [0.25, 0.3) is 0 Å². The van der Waals surface area contributed by atoms with Crippen molar-refractivity contribution in [3.05, 3.63) is 0 Å². The number of hydrogen-bond acceptors (Lipinski definition) is 5. The Kier molecular flexibility index (Phi) is 4.41. The Morgan fingerprint density at radius 2 is 1.95 bits per heavy atom. The zero-order chi connectivity index (χ0) is 14.8. The highest BCUT2D eigenvalue weighted by molar-refractivity contribution is 7.89. The largest absolute Gasteiger partial charge is 0.481 e. The number of amides is 1. The zero-order valence-electron chi connectivity index (χ0n) is 11.0. The van der Waals surface area contributed by atoms with Crippen molar-refractivity contribution < 1.29 is 27.9 Å². The van der Waals surface area contributed by atoms with Gasteiger partial charge in [-0.1, -0.05) is 0 Å². The van der Waals surface area contributed by atoms with Gasteiger partial charge in [0.05, 0.1) is 17.7 Å². The van der Waals surface area contributed by atoms with Crippen LogP contribution in [0.3, 0.4) is 0 Å². The van der Waals surface area contributed by atoms with E-state index in [1.807, 2.05) is 0 Å². The molecule has 1 aliphatic heterocycles. The predicted molar refractivity (Wildman–Crippen MR) is 66.1 cm³/mol. The van der Waals surface area contributed by atoms with E-state index in [9.17, 15) is 18.0 Å². The van der Waals surface area contributed by atoms with Crippen molar-refractivity contribution in [1.29, 1.82) is 0 Å². The molecule has 0 unspecified atom stereocenters. The molecule has 1 amide bonds. The number of sulfonamides is 1. The molecule has 0 aliphatic carbocycles. The van der Waals surface area contributed by atoms with Crippen LogP contribution in [0.5, 0.6) is 0 Å². The predicted octanol–water partition coefficient (Wildman–Crippen LogP) is -0.486. The monoisotopic (exact) mass is 294 g/mol. The van der Waals surface area contributed by atoms with Gasteiger partial charge >= 0.3 is 12.1 Å². The number of carboxylic acid groups (broad SMARTS) is 1. The van der Waals surface area contributed by atoms with Crippen LogP contribution in [0.4, 0.5) is 4.79 Å². The van der Waals surface area contributed by atoms with Crippen molar-refractivity contribution >= 4 is 22.1 Å². The first kappa shape index (κ1) is 15.7. The molecule has 0 saturated carbocycles. The fraction of sp³-hybridized carbons (Fsp3) is 0.800. The molecule has 1 heterocycles. The number of alkyl carbamates (subject to hydrolysis) is 1. The van der Waals surface area contributed by atoms with E-state index in [0.717, 1.165) is 0 Å². The zero-order valence-corrected chi connectivity index (χ0v) is 11.8. The van der Waals surface area contributed by atoms with Crippen LogP contribution in [-0.4, -0.2) is 49.5 Å². The van der Waals surface area contributed by atoms with Gasteiger partial charge in [-0.3, -0.25) is 4.79 Å².